The number of rotatable bonds is 6. The zero-order valence-electron chi connectivity index (χ0n) is 13.3. The van der Waals surface area contributed by atoms with Gasteiger partial charge in [0.05, 0.1) is 6.04 Å². The molecular weight excluding hydrogens is 299 g/mol. The molecule has 6 nitrogen and oxygen atoms in total. The fraction of sp³-hybridized carbons (Fsp3) is 0.500. The van der Waals surface area contributed by atoms with Gasteiger partial charge < -0.3 is 16.0 Å². The second-order valence-corrected chi connectivity index (χ2v) is 5.78. The number of primary amides is 1. The first-order valence-corrected chi connectivity index (χ1v) is 7.74. The molecule has 1 fully saturated rings. The van der Waals surface area contributed by atoms with E-state index >= 15 is 0 Å². The molecule has 1 heterocycles. The van der Waals surface area contributed by atoms with Crippen LogP contribution in [0.5, 0.6) is 0 Å². The molecule has 3 N–H and O–H groups in total. The summed E-state index contributed by atoms with van der Waals surface area (Å²) in [5.74, 6) is -0.584. The van der Waals surface area contributed by atoms with Crippen molar-refractivity contribution in [1.29, 1.82) is 0 Å². The van der Waals surface area contributed by atoms with Crippen molar-refractivity contribution in [3.8, 4) is 0 Å². The molecule has 1 aromatic carbocycles. The van der Waals surface area contributed by atoms with Crippen LogP contribution in [0.4, 0.5) is 9.18 Å². The Morgan fingerprint density at radius 2 is 2.00 bits per heavy atom. The van der Waals surface area contributed by atoms with E-state index in [9.17, 15) is 14.0 Å². The molecule has 1 atom stereocenters. The van der Waals surface area contributed by atoms with Gasteiger partial charge in [0.2, 0.25) is 5.91 Å². The number of carbonyl (C=O) groups is 2. The first-order chi connectivity index (χ1) is 11.0. The van der Waals surface area contributed by atoms with Crippen LogP contribution in [0.1, 0.15) is 24.4 Å². The first-order valence-electron chi connectivity index (χ1n) is 7.74. The number of nitrogens with one attached hydrogen (secondary N) is 1. The van der Waals surface area contributed by atoms with Gasteiger partial charge in [0.1, 0.15) is 12.4 Å². The highest BCUT2D eigenvalue weighted by atomic mass is 19.1. The fourth-order valence-electron chi connectivity index (χ4n) is 2.79. The Labute approximate surface area is 135 Å². The van der Waals surface area contributed by atoms with Gasteiger partial charge in [-0.05, 0) is 32.0 Å². The lowest BCUT2D eigenvalue weighted by Gasteiger charge is -2.28. The molecule has 1 aromatic rings. The van der Waals surface area contributed by atoms with Crippen LogP contribution in [0.25, 0.3) is 0 Å². The standard InChI is InChI=1S/C16H23FN4O2/c1-20(16(18)23)11-15(22)19-10-14(21-8-4-5-9-21)12-6-2-3-7-13(12)17/h2-3,6-7,14H,4-5,8-11H2,1H3,(H2,18,23)(H,19,22)/t14-/m0/s1. The zero-order valence-corrected chi connectivity index (χ0v) is 13.3. The van der Waals surface area contributed by atoms with Crippen LogP contribution in [0.3, 0.4) is 0 Å². The number of carbonyl (C=O) groups excluding carboxylic acids is 2. The Balaban J connectivity index is 2.02. The van der Waals surface area contributed by atoms with Crippen LogP contribution in [0.15, 0.2) is 24.3 Å². The highest BCUT2D eigenvalue weighted by molar-refractivity contribution is 5.83. The van der Waals surface area contributed by atoms with E-state index in [0.29, 0.717) is 12.1 Å². The van der Waals surface area contributed by atoms with Crippen molar-refractivity contribution >= 4 is 11.9 Å². The topological polar surface area (TPSA) is 78.7 Å². The van der Waals surface area contributed by atoms with Crippen molar-refractivity contribution in [3.63, 3.8) is 0 Å². The van der Waals surface area contributed by atoms with Crippen LogP contribution < -0.4 is 11.1 Å². The first kappa shape index (κ1) is 17.2. The molecule has 0 unspecified atom stereocenters. The summed E-state index contributed by atoms with van der Waals surface area (Å²) in [4.78, 5) is 26.2. The van der Waals surface area contributed by atoms with Crippen molar-refractivity contribution in [2.45, 2.75) is 18.9 Å². The number of benzene rings is 1. The number of hydrogen-bond acceptors (Lipinski definition) is 3. The smallest absolute Gasteiger partial charge is 0.314 e. The van der Waals surface area contributed by atoms with Crippen molar-refractivity contribution in [3.05, 3.63) is 35.6 Å². The van der Waals surface area contributed by atoms with Gasteiger partial charge in [-0.3, -0.25) is 9.69 Å². The molecule has 0 aliphatic carbocycles. The molecular formula is C16H23FN4O2. The highest BCUT2D eigenvalue weighted by Crippen LogP contribution is 2.26. The number of nitrogens with two attached hydrogens (primary N) is 1. The molecule has 23 heavy (non-hydrogen) atoms. The van der Waals surface area contributed by atoms with Crippen molar-refractivity contribution in [1.82, 2.24) is 15.1 Å². The monoisotopic (exact) mass is 322 g/mol. The SMILES string of the molecule is CN(CC(=O)NC[C@@H](c1ccccc1F)N1CCCC1)C(N)=O. The van der Waals surface area contributed by atoms with E-state index in [1.165, 1.54) is 13.1 Å². The van der Waals surface area contributed by atoms with Crippen LogP contribution >= 0.6 is 0 Å². The second-order valence-electron chi connectivity index (χ2n) is 5.78. The van der Waals surface area contributed by atoms with Crippen LogP contribution in [0.2, 0.25) is 0 Å². The summed E-state index contributed by atoms with van der Waals surface area (Å²) in [6.07, 6.45) is 2.15. The third kappa shape index (κ3) is 4.66. The normalized spacial score (nSPS) is 16.1. The Morgan fingerprint density at radius 1 is 1.35 bits per heavy atom. The quantitative estimate of drug-likeness (QED) is 0.823. The minimum absolute atomic E-state index is 0.112. The van der Waals surface area contributed by atoms with Gasteiger partial charge in [-0.25, -0.2) is 9.18 Å². The molecule has 0 bridgehead atoms. The third-order valence-corrected chi connectivity index (χ3v) is 4.10. The molecule has 0 radical (unpaired) electrons. The molecule has 2 rings (SSSR count). The molecule has 0 saturated carbocycles. The summed E-state index contributed by atoms with van der Waals surface area (Å²) >= 11 is 0. The molecule has 3 amide bonds. The Bertz CT molecular complexity index is 561. The molecule has 1 aliphatic rings. The van der Waals surface area contributed by atoms with Gasteiger partial charge in [0, 0.05) is 19.2 Å². The summed E-state index contributed by atoms with van der Waals surface area (Å²) in [7, 11) is 1.46. The Kier molecular flexibility index (Phi) is 5.92. The zero-order chi connectivity index (χ0) is 16.8. The fourth-order valence-corrected chi connectivity index (χ4v) is 2.79. The third-order valence-electron chi connectivity index (χ3n) is 4.10. The van der Waals surface area contributed by atoms with Crippen LogP contribution in [-0.4, -0.2) is 55.0 Å². The predicted molar refractivity (Wildman–Crippen MR) is 85.2 cm³/mol. The van der Waals surface area contributed by atoms with Crippen molar-refractivity contribution in [2.75, 3.05) is 33.2 Å². The average Bonchev–Trinajstić information content (AvgIpc) is 3.03. The van der Waals surface area contributed by atoms with E-state index in [4.69, 9.17) is 5.73 Å². The van der Waals surface area contributed by atoms with Crippen molar-refractivity contribution in [2.24, 2.45) is 5.73 Å². The summed E-state index contributed by atoms with van der Waals surface area (Å²) < 4.78 is 14.1. The molecule has 0 aromatic heterocycles. The van der Waals surface area contributed by atoms with Crippen molar-refractivity contribution < 1.29 is 14.0 Å². The molecule has 1 saturated heterocycles. The number of hydrogen-bond donors (Lipinski definition) is 2. The maximum Gasteiger partial charge on any atom is 0.314 e. The molecule has 7 heteroatoms. The van der Waals surface area contributed by atoms with Gasteiger partial charge >= 0.3 is 6.03 Å². The van der Waals surface area contributed by atoms with Crippen LogP contribution in [-0.2, 0) is 4.79 Å². The van der Waals surface area contributed by atoms with E-state index in [1.807, 2.05) is 0 Å². The van der Waals surface area contributed by atoms with E-state index < -0.39 is 6.03 Å². The van der Waals surface area contributed by atoms with Crippen LogP contribution in [0, 0.1) is 5.82 Å². The lowest BCUT2D eigenvalue weighted by Crippen LogP contribution is -2.43. The summed E-state index contributed by atoms with van der Waals surface area (Å²) in [6.45, 7) is 1.96. The predicted octanol–water partition coefficient (Wildman–Crippen LogP) is 1.09. The van der Waals surface area contributed by atoms with Gasteiger partial charge in [0.25, 0.3) is 0 Å². The van der Waals surface area contributed by atoms with E-state index in [0.717, 1.165) is 30.8 Å². The number of amides is 3. The molecule has 0 spiro atoms. The van der Waals surface area contributed by atoms with E-state index in [1.54, 1.807) is 18.2 Å². The number of likely N-dealkylation sites (N-methyl/N-ethyl adjacent to an activating group) is 1. The second kappa shape index (κ2) is 7.92. The Hall–Kier alpha value is -2.15. The summed E-state index contributed by atoms with van der Waals surface area (Å²) in [6, 6.07) is 5.76. The summed E-state index contributed by atoms with van der Waals surface area (Å²) in [5.41, 5.74) is 5.68. The highest BCUT2D eigenvalue weighted by Gasteiger charge is 2.26. The lowest BCUT2D eigenvalue weighted by atomic mass is 10.0. The van der Waals surface area contributed by atoms with Gasteiger partial charge in [0.15, 0.2) is 0 Å². The molecule has 126 valence electrons. The Morgan fingerprint density at radius 3 is 2.61 bits per heavy atom. The van der Waals surface area contributed by atoms with Gasteiger partial charge in [-0.1, -0.05) is 18.2 Å². The maximum atomic E-state index is 14.1. The summed E-state index contributed by atoms with van der Waals surface area (Å²) in [5, 5.41) is 2.77. The number of halogens is 1. The van der Waals surface area contributed by atoms with Gasteiger partial charge in [-0.15, -0.1) is 0 Å². The number of likely N-dealkylation sites (tertiary alicyclic amines) is 1. The minimum Gasteiger partial charge on any atom is -0.353 e. The van der Waals surface area contributed by atoms with E-state index in [2.05, 4.69) is 10.2 Å². The maximum absolute atomic E-state index is 14.1. The molecule has 1 aliphatic heterocycles. The number of nitrogens with zero attached hydrogens (tertiary/aromatic N) is 2. The largest absolute Gasteiger partial charge is 0.353 e. The number of urea groups is 1. The van der Waals surface area contributed by atoms with E-state index in [-0.39, 0.29) is 24.3 Å². The average molecular weight is 322 g/mol. The van der Waals surface area contributed by atoms with Gasteiger partial charge in [-0.2, -0.15) is 0 Å². The minimum atomic E-state index is -0.662. The lowest BCUT2D eigenvalue weighted by molar-refractivity contribution is -0.121.